The minimum absolute atomic E-state index is 0.191. The van der Waals surface area contributed by atoms with E-state index in [1.54, 1.807) is 0 Å². The highest BCUT2D eigenvalue weighted by atomic mass is 32.2. The quantitative estimate of drug-likeness (QED) is 0.933. The van der Waals surface area contributed by atoms with Crippen molar-refractivity contribution >= 4 is 44.4 Å². The lowest BCUT2D eigenvalue weighted by atomic mass is 10.3. The van der Waals surface area contributed by atoms with Crippen LogP contribution in [0.3, 0.4) is 0 Å². The molecule has 1 N–H and O–H groups in total. The van der Waals surface area contributed by atoms with Gasteiger partial charge in [0.25, 0.3) is 0 Å². The average Bonchev–Trinajstić information content (AvgIpc) is 2.69. The van der Waals surface area contributed by atoms with E-state index in [9.17, 15) is 9.59 Å². The van der Waals surface area contributed by atoms with Crippen molar-refractivity contribution in [1.29, 1.82) is 0 Å². The molecule has 0 aliphatic carbocycles. The van der Waals surface area contributed by atoms with Crippen molar-refractivity contribution in [3.63, 3.8) is 0 Å². The predicted octanol–water partition coefficient (Wildman–Crippen LogP) is 2.57. The maximum Gasteiger partial charge on any atom is 0.317 e. The summed E-state index contributed by atoms with van der Waals surface area (Å²) in [5.74, 6) is -0.977. The van der Waals surface area contributed by atoms with E-state index in [-0.39, 0.29) is 11.5 Å². The number of hydrogen-bond acceptors (Lipinski definition) is 5. The summed E-state index contributed by atoms with van der Waals surface area (Å²) < 4.78 is 1.03. The minimum atomic E-state index is -0.977. The molecule has 1 heterocycles. The molecule has 6 heteroatoms. The van der Waals surface area contributed by atoms with Crippen LogP contribution in [0.5, 0.6) is 0 Å². The van der Waals surface area contributed by atoms with Crippen LogP contribution in [0.2, 0.25) is 0 Å². The van der Waals surface area contributed by atoms with Crippen molar-refractivity contribution in [3.05, 3.63) is 29.3 Å². The zero-order valence-corrected chi connectivity index (χ0v) is 11.3. The lowest BCUT2D eigenvalue weighted by molar-refractivity contribution is -0.136. The first-order valence-electron chi connectivity index (χ1n) is 5.30. The van der Waals surface area contributed by atoms with Crippen LogP contribution in [0, 0.1) is 0 Å². The number of para-hydroxylation sites is 1. The van der Waals surface area contributed by atoms with Crippen molar-refractivity contribution < 1.29 is 14.7 Å². The maximum atomic E-state index is 11.1. The van der Waals surface area contributed by atoms with E-state index >= 15 is 0 Å². The van der Waals surface area contributed by atoms with E-state index in [2.05, 4.69) is 4.98 Å². The van der Waals surface area contributed by atoms with Crippen molar-refractivity contribution in [2.75, 3.05) is 0 Å². The van der Waals surface area contributed by atoms with Gasteiger partial charge in [0.1, 0.15) is 5.25 Å². The normalized spacial score (nSPS) is 12.5. The Bertz CT molecular complexity index is 561. The number of hydrogen-bond donors (Lipinski definition) is 1. The molecule has 0 saturated heterocycles. The molecule has 0 bridgehead atoms. The fourth-order valence-corrected chi connectivity index (χ4v) is 3.41. The van der Waals surface area contributed by atoms with E-state index in [4.69, 9.17) is 5.11 Å². The summed E-state index contributed by atoms with van der Waals surface area (Å²) in [4.78, 5) is 26.4. The molecule has 18 heavy (non-hydrogen) atoms. The van der Waals surface area contributed by atoms with Crippen LogP contribution in [0.25, 0.3) is 10.2 Å². The lowest BCUT2D eigenvalue weighted by Crippen LogP contribution is -2.20. The fourth-order valence-electron chi connectivity index (χ4n) is 1.55. The largest absolute Gasteiger partial charge is 0.480 e. The SMILES string of the molecule is CC(=O)SC(Cc1nc2ccccc2s1)C(=O)O. The Labute approximate surface area is 112 Å². The number of thiazole rings is 1. The molecule has 1 aromatic carbocycles. The number of carboxylic acid groups (broad SMARTS) is 1. The summed E-state index contributed by atoms with van der Waals surface area (Å²) in [5.41, 5.74) is 0.870. The minimum Gasteiger partial charge on any atom is -0.480 e. The van der Waals surface area contributed by atoms with Gasteiger partial charge >= 0.3 is 5.97 Å². The van der Waals surface area contributed by atoms with Gasteiger partial charge in [-0.05, 0) is 12.1 Å². The van der Waals surface area contributed by atoms with Crippen molar-refractivity contribution in [2.24, 2.45) is 0 Å². The summed E-state index contributed by atoms with van der Waals surface area (Å²) in [6.45, 7) is 1.37. The second-order valence-electron chi connectivity index (χ2n) is 3.72. The monoisotopic (exact) mass is 281 g/mol. The van der Waals surface area contributed by atoms with Gasteiger partial charge in [0.05, 0.1) is 15.2 Å². The lowest BCUT2D eigenvalue weighted by Gasteiger charge is -2.06. The van der Waals surface area contributed by atoms with Gasteiger partial charge in [-0.15, -0.1) is 11.3 Å². The molecule has 0 spiro atoms. The zero-order valence-electron chi connectivity index (χ0n) is 9.62. The Hall–Kier alpha value is -1.40. The molecule has 0 aliphatic heterocycles. The number of aromatic nitrogens is 1. The second-order valence-corrected chi connectivity index (χ2v) is 6.21. The van der Waals surface area contributed by atoms with Crippen LogP contribution < -0.4 is 0 Å². The number of thioether (sulfide) groups is 1. The van der Waals surface area contributed by atoms with Gasteiger partial charge in [-0.3, -0.25) is 9.59 Å². The molecule has 1 atom stereocenters. The topological polar surface area (TPSA) is 67.3 Å². The highest BCUT2D eigenvalue weighted by molar-refractivity contribution is 8.14. The Morgan fingerprint density at radius 1 is 1.44 bits per heavy atom. The number of carbonyl (C=O) groups is 2. The number of aliphatic carboxylic acids is 1. The molecule has 0 fully saturated rings. The van der Waals surface area contributed by atoms with E-state index in [1.807, 2.05) is 24.3 Å². The molecule has 0 amide bonds. The second kappa shape index (κ2) is 5.49. The van der Waals surface area contributed by atoms with Crippen LogP contribution in [-0.4, -0.2) is 26.4 Å². The van der Waals surface area contributed by atoms with Crippen LogP contribution in [0.4, 0.5) is 0 Å². The molecule has 4 nitrogen and oxygen atoms in total. The number of carboxylic acids is 1. The smallest absolute Gasteiger partial charge is 0.317 e. The molecule has 1 aromatic heterocycles. The van der Waals surface area contributed by atoms with Gasteiger partial charge in [-0.1, -0.05) is 23.9 Å². The number of carbonyl (C=O) groups excluding carboxylic acids is 1. The molecular weight excluding hydrogens is 270 g/mol. The molecule has 0 radical (unpaired) electrons. The van der Waals surface area contributed by atoms with Crippen molar-refractivity contribution in [2.45, 2.75) is 18.6 Å². The highest BCUT2D eigenvalue weighted by Crippen LogP contribution is 2.25. The van der Waals surface area contributed by atoms with Gasteiger partial charge in [0.15, 0.2) is 5.12 Å². The number of nitrogens with zero attached hydrogens (tertiary/aromatic N) is 1. The molecule has 2 rings (SSSR count). The number of benzene rings is 1. The average molecular weight is 281 g/mol. The third-order valence-electron chi connectivity index (χ3n) is 2.28. The Balaban J connectivity index is 2.20. The van der Waals surface area contributed by atoms with Crippen LogP contribution in [0.1, 0.15) is 11.9 Å². The first-order valence-corrected chi connectivity index (χ1v) is 7.00. The Morgan fingerprint density at radius 3 is 2.78 bits per heavy atom. The predicted molar refractivity (Wildman–Crippen MR) is 73.0 cm³/mol. The summed E-state index contributed by atoms with van der Waals surface area (Å²) >= 11 is 2.31. The van der Waals surface area contributed by atoms with E-state index in [1.165, 1.54) is 18.3 Å². The molecular formula is C12H11NO3S2. The van der Waals surface area contributed by atoms with Crippen LogP contribution in [-0.2, 0) is 16.0 Å². The Kier molecular flexibility index (Phi) is 3.98. The maximum absolute atomic E-state index is 11.1. The van der Waals surface area contributed by atoms with Gasteiger partial charge in [-0.25, -0.2) is 4.98 Å². The third-order valence-corrected chi connectivity index (χ3v) is 4.33. The van der Waals surface area contributed by atoms with Gasteiger partial charge in [-0.2, -0.15) is 0 Å². The molecule has 1 unspecified atom stereocenters. The van der Waals surface area contributed by atoms with E-state index in [0.717, 1.165) is 27.0 Å². The third kappa shape index (κ3) is 3.08. The standard InChI is InChI=1S/C12H11NO3S2/c1-7(14)17-10(12(15)16)6-11-13-8-4-2-3-5-9(8)18-11/h2-5,10H,6H2,1H3,(H,15,16). The van der Waals surface area contributed by atoms with Crippen molar-refractivity contribution in [3.8, 4) is 0 Å². The molecule has 0 aliphatic rings. The Morgan fingerprint density at radius 2 is 2.17 bits per heavy atom. The van der Waals surface area contributed by atoms with E-state index < -0.39 is 11.2 Å². The van der Waals surface area contributed by atoms with Gasteiger partial charge in [0.2, 0.25) is 0 Å². The summed E-state index contributed by atoms with van der Waals surface area (Å²) in [5, 5.41) is 8.86. The van der Waals surface area contributed by atoms with Gasteiger partial charge in [0, 0.05) is 13.3 Å². The number of fused-ring (bicyclic) bond motifs is 1. The van der Waals surface area contributed by atoms with Crippen molar-refractivity contribution in [1.82, 2.24) is 4.98 Å². The van der Waals surface area contributed by atoms with Gasteiger partial charge < -0.3 is 5.11 Å². The zero-order chi connectivity index (χ0) is 13.1. The summed E-state index contributed by atoms with van der Waals surface area (Å²) in [7, 11) is 0. The highest BCUT2D eigenvalue weighted by Gasteiger charge is 2.22. The fraction of sp³-hybridized carbons (Fsp3) is 0.250. The van der Waals surface area contributed by atoms with Crippen LogP contribution >= 0.6 is 23.1 Å². The summed E-state index contributed by atoms with van der Waals surface area (Å²) in [6, 6.07) is 7.65. The molecule has 2 aromatic rings. The number of rotatable bonds is 4. The summed E-state index contributed by atoms with van der Waals surface area (Å²) in [6.07, 6.45) is 0.277. The first kappa shape index (κ1) is 13.0. The van der Waals surface area contributed by atoms with E-state index in [0.29, 0.717) is 0 Å². The van der Waals surface area contributed by atoms with Crippen LogP contribution in [0.15, 0.2) is 24.3 Å². The first-order chi connectivity index (χ1) is 8.56. The molecule has 0 saturated carbocycles. The molecule has 94 valence electrons.